The zero-order valence-corrected chi connectivity index (χ0v) is 13.5. The molecule has 0 aromatic carbocycles. The zero-order chi connectivity index (χ0) is 15.8. The summed E-state index contributed by atoms with van der Waals surface area (Å²) in [4.78, 5) is 32.0. The molecule has 2 amide bonds. The lowest BCUT2D eigenvalue weighted by Gasteiger charge is -2.35. The Morgan fingerprint density at radius 2 is 2.30 bits per heavy atom. The van der Waals surface area contributed by atoms with Crippen LogP contribution in [0, 0.1) is 0 Å². The van der Waals surface area contributed by atoms with Crippen LogP contribution >= 0.6 is 11.3 Å². The van der Waals surface area contributed by atoms with Crippen molar-refractivity contribution in [3.63, 3.8) is 0 Å². The quantitative estimate of drug-likeness (QED) is 0.827. The summed E-state index contributed by atoms with van der Waals surface area (Å²) in [6.07, 6.45) is 6.14. The van der Waals surface area contributed by atoms with E-state index >= 15 is 0 Å². The first-order chi connectivity index (χ1) is 11.2. The minimum absolute atomic E-state index is 0.0341. The molecule has 8 heteroatoms. The van der Waals surface area contributed by atoms with Crippen molar-refractivity contribution in [1.29, 1.82) is 0 Å². The summed E-state index contributed by atoms with van der Waals surface area (Å²) >= 11 is 1.54. The van der Waals surface area contributed by atoms with Gasteiger partial charge in [0, 0.05) is 43.4 Å². The molecular formula is C15H19N5O2S. The Morgan fingerprint density at radius 3 is 3.09 bits per heavy atom. The number of imidazole rings is 1. The lowest BCUT2D eigenvalue weighted by atomic mass is 10.1. The molecule has 4 rings (SSSR count). The molecule has 2 fully saturated rings. The number of thiazole rings is 1. The Kier molecular flexibility index (Phi) is 3.78. The molecule has 0 radical (unpaired) electrons. The van der Waals surface area contributed by atoms with Gasteiger partial charge < -0.3 is 15.5 Å². The maximum absolute atomic E-state index is 12.7. The highest BCUT2D eigenvalue weighted by Gasteiger charge is 2.34. The average Bonchev–Trinajstić information content (AvgIpc) is 3.11. The molecule has 1 aliphatic carbocycles. The van der Waals surface area contributed by atoms with Crippen molar-refractivity contribution in [1.82, 2.24) is 24.9 Å². The van der Waals surface area contributed by atoms with Crippen LogP contribution in [-0.2, 0) is 16.0 Å². The second-order valence-corrected chi connectivity index (χ2v) is 6.96. The number of amides is 2. The summed E-state index contributed by atoms with van der Waals surface area (Å²) in [5.74, 6) is -0.0768. The number of hydrogen-bond acceptors (Lipinski definition) is 5. The van der Waals surface area contributed by atoms with E-state index in [0.29, 0.717) is 19.1 Å². The van der Waals surface area contributed by atoms with Gasteiger partial charge in [0.05, 0.1) is 12.1 Å². The minimum atomic E-state index is -0.416. The molecule has 1 saturated carbocycles. The minimum Gasteiger partial charge on any atom is -0.352 e. The van der Waals surface area contributed by atoms with Crippen molar-refractivity contribution in [2.24, 2.45) is 0 Å². The summed E-state index contributed by atoms with van der Waals surface area (Å²) in [5.41, 5.74) is 0.752. The van der Waals surface area contributed by atoms with Crippen LogP contribution in [0.2, 0.25) is 0 Å². The number of nitrogens with one attached hydrogen (secondary N) is 2. The molecule has 1 saturated heterocycles. The van der Waals surface area contributed by atoms with Gasteiger partial charge in [0.1, 0.15) is 6.04 Å². The highest BCUT2D eigenvalue weighted by molar-refractivity contribution is 7.15. The summed E-state index contributed by atoms with van der Waals surface area (Å²) in [7, 11) is 0. The van der Waals surface area contributed by atoms with Crippen molar-refractivity contribution in [2.45, 2.75) is 31.3 Å². The standard InChI is InChI=1S/C15H19N5O2S/c21-13(7-11-9-19-5-6-23-15(19)18-11)20-4-3-16-8-12(20)14(22)17-10-1-2-10/h5-6,9-10,12,16H,1-4,7-8H2,(H,17,22)/t12-/m0/s1. The number of carbonyl (C=O) groups excluding carboxylic acids is 2. The lowest BCUT2D eigenvalue weighted by Crippen LogP contribution is -2.60. The molecule has 0 bridgehead atoms. The van der Waals surface area contributed by atoms with Gasteiger partial charge in [0.25, 0.3) is 0 Å². The predicted molar refractivity (Wildman–Crippen MR) is 86.3 cm³/mol. The van der Waals surface area contributed by atoms with Crippen LogP contribution in [0.15, 0.2) is 17.8 Å². The van der Waals surface area contributed by atoms with Crippen LogP contribution in [0.25, 0.3) is 4.96 Å². The van der Waals surface area contributed by atoms with Crippen LogP contribution in [0.3, 0.4) is 0 Å². The zero-order valence-electron chi connectivity index (χ0n) is 12.7. The van der Waals surface area contributed by atoms with Gasteiger partial charge in [-0.25, -0.2) is 4.98 Å². The molecule has 1 atom stereocenters. The van der Waals surface area contributed by atoms with Gasteiger partial charge in [-0.05, 0) is 12.8 Å². The average molecular weight is 333 g/mol. The molecule has 2 N–H and O–H groups in total. The van der Waals surface area contributed by atoms with Gasteiger partial charge >= 0.3 is 0 Å². The highest BCUT2D eigenvalue weighted by atomic mass is 32.1. The molecule has 3 heterocycles. The molecule has 23 heavy (non-hydrogen) atoms. The maximum Gasteiger partial charge on any atom is 0.244 e. The summed E-state index contributed by atoms with van der Waals surface area (Å²) < 4.78 is 1.92. The van der Waals surface area contributed by atoms with Crippen molar-refractivity contribution in [2.75, 3.05) is 19.6 Å². The fourth-order valence-corrected chi connectivity index (χ4v) is 3.60. The SMILES string of the molecule is O=C(NC1CC1)[C@@H]1CNCCN1C(=O)Cc1cn2ccsc2n1. The summed E-state index contributed by atoms with van der Waals surface area (Å²) in [6, 6.07) is -0.109. The number of fused-ring (bicyclic) bond motifs is 1. The number of aromatic nitrogens is 2. The Bertz CT molecular complexity index is 707. The van der Waals surface area contributed by atoms with Gasteiger partial charge in [-0.1, -0.05) is 0 Å². The van der Waals surface area contributed by atoms with Crippen LogP contribution < -0.4 is 10.6 Å². The van der Waals surface area contributed by atoms with Gasteiger partial charge in [0.2, 0.25) is 11.8 Å². The molecular weight excluding hydrogens is 314 g/mol. The van der Waals surface area contributed by atoms with E-state index in [9.17, 15) is 9.59 Å². The van der Waals surface area contributed by atoms with E-state index in [1.54, 1.807) is 16.2 Å². The number of nitrogens with zero attached hydrogens (tertiary/aromatic N) is 3. The third-order valence-electron chi connectivity index (χ3n) is 4.27. The Balaban J connectivity index is 1.45. The van der Waals surface area contributed by atoms with Crippen LogP contribution in [-0.4, -0.2) is 57.8 Å². The van der Waals surface area contributed by atoms with Gasteiger partial charge in [0.15, 0.2) is 4.96 Å². The van der Waals surface area contributed by atoms with E-state index in [0.717, 1.165) is 30.0 Å². The van der Waals surface area contributed by atoms with Gasteiger partial charge in [-0.3, -0.25) is 14.0 Å². The third kappa shape index (κ3) is 3.09. The van der Waals surface area contributed by atoms with E-state index in [2.05, 4.69) is 15.6 Å². The van der Waals surface area contributed by atoms with E-state index < -0.39 is 6.04 Å². The molecule has 2 aliphatic rings. The maximum atomic E-state index is 12.7. The number of rotatable bonds is 4. The summed E-state index contributed by atoms with van der Waals surface area (Å²) in [6.45, 7) is 1.80. The van der Waals surface area contributed by atoms with Crippen molar-refractivity contribution < 1.29 is 9.59 Å². The van der Waals surface area contributed by atoms with Crippen LogP contribution in [0.4, 0.5) is 0 Å². The third-order valence-corrected chi connectivity index (χ3v) is 5.04. The van der Waals surface area contributed by atoms with E-state index in [4.69, 9.17) is 0 Å². The van der Waals surface area contributed by atoms with Gasteiger partial charge in [-0.15, -0.1) is 11.3 Å². The molecule has 2 aromatic heterocycles. The normalized spacial score (nSPS) is 21.6. The lowest BCUT2D eigenvalue weighted by molar-refractivity contribution is -0.141. The van der Waals surface area contributed by atoms with Crippen molar-refractivity contribution in [3.05, 3.63) is 23.5 Å². The fraction of sp³-hybridized carbons (Fsp3) is 0.533. The second kappa shape index (κ2) is 5.93. The molecule has 0 spiro atoms. The highest BCUT2D eigenvalue weighted by Crippen LogP contribution is 2.19. The first kappa shape index (κ1) is 14.6. The number of piperazine rings is 1. The molecule has 1 aliphatic heterocycles. The largest absolute Gasteiger partial charge is 0.352 e. The molecule has 2 aromatic rings. The van der Waals surface area contributed by atoms with E-state index in [-0.39, 0.29) is 18.2 Å². The number of carbonyl (C=O) groups is 2. The summed E-state index contributed by atoms with van der Waals surface area (Å²) in [5, 5.41) is 8.16. The van der Waals surface area contributed by atoms with E-state index in [1.807, 2.05) is 22.2 Å². The fourth-order valence-electron chi connectivity index (χ4n) is 2.88. The smallest absolute Gasteiger partial charge is 0.244 e. The monoisotopic (exact) mass is 333 g/mol. The van der Waals surface area contributed by atoms with E-state index in [1.165, 1.54) is 0 Å². The van der Waals surface area contributed by atoms with Crippen LogP contribution in [0.5, 0.6) is 0 Å². The first-order valence-electron chi connectivity index (χ1n) is 7.92. The van der Waals surface area contributed by atoms with Gasteiger partial charge in [-0.2, -0.15) is 0 Å². The Hall–Kier alpha value is -1.93. The topological polar surface area (TPSA) is 78.7 Å². The number of hydrogen-bond donors (Lipinski definition) is 2. The van der Waals surface area contributed by atoms with Crippen LogP contribution in [0.1, 0.15) is 18.5 Å². The second-order valence-electron chi connectivity index (χ2n) is 6.09. The van der Waals surface area contributed by atoms with Crippen molar-refractivity contribution in [3.8, 4) is 0 Å². The Labute approximate surface area is 137 Å². The molecule has 122 valence electrons. The Morgan fingerprint density at radius 1 is 1.43 bits per heavy atom. The predicted octanol–water partition coefficient (Wildman–Crippen LogP) is 0.0173. The van der Waals surface area contributed by atoms with Crippen molar-refractivity contribution >= 4 is 28.1 Å². The first-order valence-corrected chi connectivity index (χ1v) is 8.80. The molecule has 7 nitrogen and oxygen atoms in total. The molecule has 0 unspecified atom stereocenters.